The van der Waals surface area contributed by atoms with Crippen LogP contribution < -0.4 is 29.7 Å². The van der Waals surface area contributed by atoms with E-state index in [2.05, 4.69) is 10.6 Å². The highest BCUT2D eigenvalue weighted by atomic mass is 16.6. The molecule has 0 fully saturated rings. The number of carbonyl (C=O) groups is 2. The molecule has 1 aliphatic heterocycles. The van der Waals surface area contributed by atoms with Gasteiger partial charge in [0.15, 0.2) is 24.1 Å². The van der Waals surface area contributed by atoms with Crippen molar-refractivity contribution in [3.63, 3.8) is 0 Å². The van der Waals surface area contributed by atoms with E-state index < -0.39 is 6.04 Å². The van der Waals surface area contributed by atoms with Crippen LogP contribution in [-0.4, -0.2) is 51.8 Å². The van der Waals surface area contributed by atoms with Gasteiger partial charge in [-0.3, -0.25) is 9.59 Å². The zero-order chi connectivity index (χ0) is 20.8. The van der Waals surface area contributed by atoms with E-state index in [0.29, 0.717) is 36.1 Å². The molecule has 0 radical (unpaired) electrons. The molecule has 2 aromatic carbocycles. The zero-order valence-corrected chi connectivity index (χ0v) is 16.8. The molecule has 0 aliphatic carbocycles. The molecule has 0 saturated heterocycles. The molecule has 0 bridgehead atoms. The highest BCUT2D eigenvalue weighted by molar-refractivity contribution is 5.95. The Hall–Kier alpha value is -3.26. The van der Waals surface area contributed by atoms with Crippen LogP contribution in [0.15, 0.2) is 42.5 Å². The Labute approximate surface area is 169 Å². The van der Waals surface area contributed by atoms with Crippen LogP contribution in [-0.2, 0) is 9.59 Å². The Kier molecular flexibility index (Phi) is 6.56. The first kappa shape index (κ1) is 20.5. The van der Waals surface area contributed by atoms with Gasteiger partial charge in [-0.05, 0) is 43.3 Å². The molecule has 3 rings (SSSR count). The Morgan fingerprint density at radius 1 is 1.03 bits per heavy atom. The molecule has 1 unspecified atom stereocenters. The normalized spacial score (nSPS) is 14.4. The minimum atomic E-state index is -0.426. The lowest BCUT2D eigenvalue weighted by Gasteiger charge is -2.22. The Morgan fingerprint density at radius 3 is 2.38 bits per heavy atom. The van der Waals surface area contributed by atoms with Crippen LogP contribution in [0, 0.1) is 0 Å². The fourth-order valence-corrected chi connectivity index (χ4v) is 2.88. The number of carbonyl (C=O) groups excluding carboxylic acids is 2. The predicted octanol–water partition coefficient (Wildman–Crippen LogP) is 0.947. The second kappa shape index (κ2) is 9.29. The average Bonchev–Trinajstić information content (AvgIpc) is 2.73. The third-order valence-corrected chi connectivity index (χ3v) is 4.76. The van der Waals surface area contributed by atoms with Crippen molar-refractivity contribution in [2.45, 2.75) is 13.0 Å². The van der Waals surface area contributed by atoms with Gasteiger partial charge in [-0.25, -0.2) is 0 Å². The average molecular weight is 400 g/mol. The van der Waals surface area contributed by atoms with Crippen molar-refractivity contribution in [1.29, 1.82) is 0 Å². The summed E-state index contributed by atoms with van der Waals surface area (Å²) in [7, 11) is 3.39. The minimum absolute atomic E-state index is 0.155. The largest absolute Gasteiger partial charge is 0.497 e. The number of ether oxygens (including phenoxy) is 3. The van der Waals surface area contributed by atoms with Gasteiger partial charge >= 0.3 is 0 Å². The molecular weight excluding hydrogens is 374 g/mol. The number of methoxy groups -OCH3 is 1. The quantitative estimate of drug-likeness (QED) is 0.644. The summed E-state index contributed by atoms with van der Waals surface area (Å²) >= 11 is 0. The lowest BCUT2D eigenvalue weighted by Crippen LogP contribution is -3.14. The highest BCUT2D eigenvalue weighted by Gasteiger charge is 2.24. The molecule has 1 aliphatic rings. The van der Waals surface area contributed by atoms with Gasteiger partial charge in [0.1, 0.15) is 19.0 Å². The lowest BCUT2D eigenvalue weighted by atomic mass is 10.2. The maximum absolute atomic E-state index is 12.6. The summed E-state index contributed by atoms with van der Waals surface area (Å²) in [5.74, 6) is 1.64. The molecule has 3 N–H and O–H groups in total. The number of fused-ring (bicyclic) bond motifs is 1. The molecule has 8 nitrogen and oxygen atoms in total. The van der Waals surface area contributed by atoms with E-state index in [0.717, 1.165) is 10.6 Å². The fraction of sp³-hybridized carbons (Fsp3) is 0.333. The van der Waals surface area contributed by atoms with E-state index in [9.17, 15) is 9.59 Å². The van der Waals surface area contributed by atoms with Gasteiger partial charge in [0.25, 0.3) is 11.8 Å². The molecule has 2 aromatic rings. The van der Waals surface area contributed by atoms with E-state index in [1.54, 1.807) is 56.5 Å². The summed E-state index contributed by atoms with van der Waals surface area (Å²) in [5, 5.41) is 5.69. The second-order valence-electron chi connectivity index (χ2n) is 6.87. The minimum Gasteiger partial charge on any atom is -0.497 e. The first-order valence-electron chi connectivity index (χ1n) is 9.43. The topological polar surface area (TPSA) is 90.3 Å². The van der Waals surface area contributed by atoms with Crippen molar-refractivity contribution in [2.75, 3.05) is 44.5 Å². The van der Waals surface area contributed by atoms with Crippen molar-refractivity contribution < 1.29 is 28.7 Å². The van der Waals surface area contributed by atoms with Crippen LogP contribution >= 0.6 is 0 Å². The molecule has 0 saturated carbocycles. The van der Waals surface area contributed by atoms with Gasteiger partial charge in [-0.2, -0.15) is 0 Å². The highest BCUT2D eigenvalue weighted by Crippen LogP contribution is 2.32. The number of quaternary nitrogens is 1. The SMILES string of the molecule is COc1ccc(NC(=O)C[NH+](C)[C@H](C)C(=O)Nc2ccc3c(c2)OCCO3)cc1. The number of anilines is 2. The summed E-state index contributed by atoms with van der Waals surface area (Å²) in [5.41, 5.74) is 1.30. The van der Waals surface area contributed by atoms with Crippen LogP contribution in [0.25, 0.3) is 0 Å². The number of benzene rings is 2. The van der Waals surface area contributed by atoms with Crippen LogP contribution in [0.2, 0.25) is 0 Å². The second-order valence-corrected chi connectivity index (χ2v) is 6.87. The van der Waals surface area contributed by atoms with Crippen molar-refractivity contribution in [1.82, 2.24) is 0 Å². The molecule has 2 atom stereocenters. The number of nitrogens with one attached hydrogen (secondary N) is 3. The molecule has 8 heteroatoms. The van der Waals surface area contributed by atoms with Crippen molar-refractivity contribution in [3.05, 3.63) is 42.5 Å². The van der Waals surface area contributed by atoms with E-state index in [1.807, 2.05) is 7.05 Å². The van der Waals surface area contributed by atoms with E-state index in [1.165, 1.54) is 0 Å². The maximum atomic E-state index is 12.6. The monoisotopic (exact) mass is 400 g/mol. The van der Waals surface area contributed by atoms with Crippen molar-refractivity contribution in [2.24, 2.45) is 0 Å². The molecule has 0 spiro atoms. The molecule has 0 aromatic heterocycles. The van der Waals surface area contributed by atoms with Gasteiger partial charge < -0.3 is 29.7 Å². The standard InChI is InChI=1S/C21H25N3O5/c1-14(21(26)23-16-6-9-18-19(12-16)29-11-10-28-18)24(2)13-20(25)22-15-4-7-17(27-3)8-5-15/h4-9,12,14H,10-11,13H2,1-3H3,(H,22,25)(H,23,26)/p+1/t14-/m1/s1. The summed E-state index contributed by atoms with van der Waals surface area (Å²) in [6.45, 7) is 2.94. The maximum Gasteiger partial charge on any atom is 0.282 e. The first-order valence-corrected chi connectivity index (χ1v) is 9.43. The van der Waals surface area contributed by atoms with Gasteiger partial charge in [0.2, 0.25) is 0 Å². The molecular formula is C21H26N3O5+. The summed E-state index contributed by atoms with van der Waals surface area (Å²) in [6, 6.07) is 11.9. The van der Waals surface area contributed by atoms with Crippen LogP contribution in [0.5, 0.6) is 17.2 Å². The third kappa shape index (κ3) is 5.39. The van der Waals surface area contributed by atoms with Crippen molar-refractivity contribution in [3.8, 4) is 17.2 Å². The van der Waals surface area contributed by atoms with E-state index in [-0.39, 0.29) is 18.4 Å². The first-order chi connectivity index (χ1) is 14.0. The van der Waals surface area contributed by atoms with Gasteiger partial charge in [0.05, 0.1) is 14.2 Å². The molecule has 2 amide bonds. The van der Waals surface area contributed by atoms with Crippen molar-refractivity contribution >= 4 is 23.2 Å². The lowest BCUT2D eigenvalue weighted by molar-refractivity contribution is -0.885. The van der Waals surface area contributed by atoms with Gasteiger partial charge in [-0.15, -0.1) is 0 Å². The fourth-order valence-electron chi connectivity index (χ4n) is 2.88. The van der Waals surface area contributed by atoms with E-state index in [4.69, 9.17) is 14.2 Å². The summed E-state index contributed by atoms with van der Waals surface area (Å²) in [4.78, 5) is 25.7. The third-order valence-electron chi connectivity index (χ3n) is 4.76. The van der Waals surface area contributed by atoms with E-state index >= 15 is 0 Å². The Morgan fingerprint density at radius 2 is 1.69 bits per heavy atom. The van der Waals surface area contributed by atoms with Crippen LogP contribution in [0.4, 0.5) is 11.4 Å². The Bertz CT molecular complexity index is 869. The molecule has 29 heavy (non-hydrogen) atoms. The number of hydrogen-bond donors (Lipinski definition) is 3. The smallest absolute Gasteiger partial charge is 0.282 e. The molecule has 1 heterocycles. The predicted molar refractivity (Wildman–Crippen MR) is 109 cm³/mol. The summed E-state index contributed by atoms with van der Waals surface area (Å²) in [6.07, 6.45) is 0. The zero-order valence-electron chi connectivity index (χ0n) is 16.8. The number of hydrogen-bond acceptors (Lipinski definition) is 5. The van der Waals surface area contributed by atoms with Gasteiger partial charge in [-0.1, -0.05) is 0 Å². The summed E-state index contributed by atoms with van der Waals surface area (Å²) < 4.78 is 16.1. The van der Waals surface area contributed by atoms with Crippen LogP contribution in [0.3, 0.4) is 0 Å². The number of likely N-dealkylation sites (N-methyl/N-ethyl adjacent to an activating group) is 1. The number of amides is 2. The molecule has 154 valence electrons. The van der Waals surface area contributed by atoms with Gasteiger partial charge in [0, 0.05) is 17.4 Å². The number of rotatable bonds is 7. The Balaban J connectivity index is 1.52. The van der Waals surface area contributed by atoms with Crippen LogP contribution in [0.1, 0.15) is 6.92 Å².